The van der Waals surface area contributed by atoms with Gasteiger partial charge in [-0.2, -0.15) is 5.10 Å². The van der Waals surface area contributed by atoms with Crippen molar-refractivity contribution in [3.8, 4) is 11.3 Å². The molecule has 0 aliphatic rings. The van der Waals surface area contributed by atoms with Crippen LogP contribution in [0, 0.1) is 15.3 Å². The Hall–Kier alpha value is -4.08. The van der Waals surface area contributed by atoms with Crippen molar-refractivity contribution in [1.82, 2.24) is 10.6 Å². The monoisotopic (exact) mass is 353 g/mol. The van der Waals surface area contributed by atoms with Crippen LogP contribution in [0.25, 0.3) is 11.3 Å². The molecule has 0 saturated carbocycles. The second-order valence-electron chi connectivity index (χ2n) is 5.03. The van der Waals surface area contributed by atoms with E-state index in [0.717, 1.165) is 6.21 Å². The summed E-state index contributed by atoms with van der Waals surface area (Å²) in [4.78, 5) is 22.2. The van der Waals surface area contributed by atoms with E-state index in [1.807, 2.05) is 6.07 Å². The smallest absolute Gasteiger partial charge is 0.271 e. The van der Waals surface area contributed by atoms with Crippen LogP contribution in [0.1, 0.15) is 16.1 Å². The quantitative estimate of drug-likeness (QED) is 0.320. The average Bonchev–Trinajstić information content (AvgIpc) is 3.03. The Morgan fingerprint density at radius 2 is 1.88 bits per heavy atom. The summed E-state index contributed by atoms with van der Waals surface area (Å²) in [5.41, 5.74) is 3.21. The number of carbonyl (C=O) groups is 1. The fourth-order valence-corrected chi connectivity index (χ4v) is 2.11. The number of nitrogens with zero attached hydrogens (tertiary/aromatic N) is 4. The molecule has 26 heavy (non-hydrogen) atoms. The SMILES string of the molecule is O=C(N/N=C/c1c(-c2ccccc2)no[n+]1[O-])c1ccc([N+](=O)[O-])cc1. The molecule has 0 fully saturated rings. The lowest BCUT2D eigenvalue weighted by molar-refractivity contribution is -0.803. The van der Waals surface area contributed by atoms with Crippen molar-refractivity contribution in [2.45, 2.75) is 0 Å². The number of nitrogens with one attached hydrogen (secondary N) is 1. The van der Waals surface area contributed by atoms with E-state index in [4.69, 9.17) is 0 Å². The molecule has 1 N–H and O–H groups in total. The third-order valence-corrected chi connectivity index (χ3v) is 3.39. The zero-order valence-electron chi connectivity index (χ0n) is 13.1. The third kappa shape index (κ3) is 3.53. The molecule has 2 aromatic carbocycles. The summed E-state index contributed by atoms with van der Waals surface area (Å²) in [6.07, 6.45) is 1.11. The highest BCUT2D eigenvalue weighted by Crippen LogP contribution is 2.17. The topological polar surface area (TPSA) is 138 Å². The van der Waals surface area contributed by atoms with Gasteiger partial charge in [0.05, 0.1) is 4.92 Å². The molecule has 0 atom stereocenters. The maximum Gasteiger partial charge on any atom is 0.271 e. The predicted octanol–water partition coefficient (Wildman–Crippen LogP) is 1.65. The van der Waals surface area contributed by atoms with E-state index in [1.165, 1.54) is 24.3 Å². The number of nitro groups is 1. The molecule has 0 saturated heterocycles. The van der Waals surface area contributed by atoms with Crippen LogP contribution < -0.4 is 10.3 Å². The fourth-order valence-electron chi connectivity index (χ4n) is 2.11. The van der Waals surface area contributed by atoms with Gasteiger partial charge in [-0.15, -0.1) is 0 Å². The summed E-state index contributed by atoms with van der Waals surface area (Å²) in [6, 6.07) is 13.8. The third-order valence-electron chi connectivity index (χ3n) is 3.39. The van der Waals surface area contributed by atoms with Crippen LogP contribution in [0.3, 0.4) is 0 Å². The number of non-ortho nitro benzene ring substituents is 1. The Morgan fingerprint density at radius 1 is 1.19 bits per heavy atom. The normalized spacial score (nSPS) is 10.8. The minimum Gasteiger partial charge on any atom is -0.359 e. The predicted molar refractivity (Wildman–Crippen MR) is 89.1 cm³/mol. The highest BCUT2D eigenvalue weighted by molar-refractivity contribution is 5.95. The van der Waals surface area contributed by atoms with Gasteiger partial charge < -0.3 is 5.21 Å². The van der Waals surface area contributed by atoms with Gasteiger partial charge in [0.15, 0.2) is 0 Å². The van der Waals surface area contributed by atoms with Crippen LogP contribution in [-0.2, 0) is 0 Å². The molecule has 1 aromatic heterocycles. The molecular weight excluding hydrogens is 342 g/mol. The van der Waals surface area contributed by atoms with Crippen LogP contribution in [0.4, 0.5) is 5.69 Å². The van der Waals surface area contributed by atoms with Crippen LogP contribution in [0.5, 0.6) is 0 Å². The standard InChI is InChI=1S/C16H11N5O5/c22-16(12-6-8-13(9-7-12)20(23)24)18-17-10-14-15(19-26-21(14)25)11-4-2-1-3-5-11/h1-10H,(H,18,22)/b17-10+. The molecule has 0 spiro atoms. The van der Waals surface area contributed by atoms with E-state index in [2.05, 4.69) is 20.3 Å². The molecule has 1 heterocycles. The highest BCUT2D eigenvalue weighted by Gasteiger charge is 2.19. The molecule has 0 unspecified atom stereocenters. The van der Waals surface area contributed by atoms with Crippen molar-refractivity contribution in [1.29, 1.82) is 0 Å². The number of benzene rings is 2. The molecule has 10 nitrogen and oxygen atoms in total. The van der Waals surface area contributed by atoms with E-state index in [1.54, 1.807) is 24.3 Å². The van der Waals surface area contributed by atoms with E-state index < -0.39 is 10.8 Å². The van der Waals surface area contributed by atoms with Crippen LogP contribution in [-0.4, -0.2) is 22.2 Å². The van der Waals surface area contributed by atoms with Gasteiger partial charge in [-0.1, -0.05) is 30.3 Å². The molecule has 3 aromatic rings. The highest BCUT2D eigenvalue weighted by atomic mass is 16.8. The summed E-state index contributed by atoms with van der Waals surface area (Å²) in [5, 5.41) is 29.7. The van der Waals surface area contributed by atoms with Gasteiger partial charge in [0.25, 0.3) is 17.3 Å². The average molecular weight is 353 g/mol. The molecule has 0 radical (unpaired) electrons. The second-order valence-corrected chi connectivity index (χ2v) is 5.03. The summed E-state index contributed by atoms with van der Waals surface area (Å²) >= 11 is 0. The van der Waals surface area contributed by atoms with Gasteiger partial charge in [0.2, 0.25) is 5.69 Å². The first-order valence-electron chi connectivity index (χ1n) is 7.29. The molecule has 0 aliphatic carbocycles. The number of carbonyl (C=O) groups excluding carboxylic acids is 1. The summed E-state index contributed by atoms with van der Waals surface area (Å²) in [6.45, 7) is 0. The number of hydrazone groups is 1. The lowest BCUT2D eigenvalue weighted by Crippen LogP contribution is -2.28. The largest absolute Gasteiger partial charge is 0.359 e. The molecule has 3 rings (SSSR count). The molecule has 10 heteroatoms. The second kappa shape index (κ2) is 7.21. The van der Waals surface area contributed by atoms with Crippen molar-refractivity contribution >= 4 is 17.8 Å². The molecule has 0 bridgehead atoms. The summed E-state index contributed by atoms with van der Waals surface area (Å²) in [5.74, 6) is -0.591. The van der Waals surface area contributed by atoms with Crippen LogP contribution >= 0.6 is 0 Å². The Kier molecular flexibility index (Phi) is 4.65. The number of amides is 1. The Balaban J connectivity index is 1.74. The Bertz CT molecular complexity index is 966. The van der Waals surface area contributed by atoms with Gasteiger partial charge in [0, 0.05) is 28.4 Å². The summed E-state index contributed by atoms with van der Waals surface area (Å²) in [7, 11) is 0. The molecule has 0 aliphatic heterocycles. The number of hydrogen-bond acceptors (Lipinski definition) is 7. The Labute approximate surface area is 146 Å². The van der Waals surface area contributed by atoms with Crippen LogP contribution in [0.2, 0.25) is 0 Å². The van der Waals surface area contributed by atoms with Gasteiger partial charge >= 0.3 is 0 Å². The number of nitro benzene ring substituents is 1. The maximum atomic E-state index is 12.0. The van der Waals surface area contributed by atoms with Gasteiger partial charge in [-0.25, -0.2) is 5.43 Å². The van der Waals surface area contributed by atoms with Crippen molar-refractivity contribution < 1.29 is 19.2 Å². The van der Waals surface area contributed by atoms with Crippen molar-refractivity contribution in [2.24, 2.45) is 5.10 Å². The number of aromatic nitrogens is 2. The first-order valence-corrected chi connectivity index (χ1v) is 7.29. The van der Waals surface area contributed by atoms with Crippen molar-refractivity contribution in [3.63, 3.8) is 0 Å². The van der Waals surface area contributed by atoms with Gasteiger partial charge in [-0.3, -0.25) is 19.5 Å². The minimum atomic E-state index is -0.591. The van der Waals surface area contributed by atoms with Crippen molar-refractivity contribution in [2.75, 3.05) is 0 Å². The van der Waals surface area contributed by atoms with E-state index in [0.29, 0.717) is 5.56 Å². The lowest BCUT2D eigenvalue weighted by Gasteiger charge is -1.99. The molecular formula is C16H11N5O5. The minimum absolute atomic E-state index is 0.0141. The van der Waals surface area contributed by atoms with Gasteiger partial charge in [0.1, 0.15) is 6.21 Å². The number of hydrogen-bond donors (Lipinski definition) is 1. The van der Waals surface area contributed by atoms with E-state index in [9.17, 15) is 20.1 Å². The van der Waals surface area contributed by atoms with Crippen molar-refractivity contribution in [3.05, 3.63) is 81.2 Å². The fraction of sp³-hybridized carbons (Fsp3) is 0. The first kappa shape index (κ1) is 16.8. The summed E-state index contributed by atoms with van der Waals surface area (Å²) < 4.78 is 4.57. The molecule has 130 valence electrons. The van der Waals surface area contributed by atoms with E-state index in [-0.39, 0.29) is 27.5 Å². The zero-order valence-corrected chi connectivity index (χ0v) is 13.1. The lowest BCUT2D eigenvalue weighted by atomic mass is 10.1. The Morgan fingerprint density at radius 3 is 2.54 bits per heavy atom. The first-order chi connectivity index (χ1) is 12.6. The maximum absolute atomic E-state index is 12.0. The zero-order chi connectivity index (χ0) is 18.5. The molecule has 1 amide bonds. The van der Waals surface area contributed by atoms with Crippen LogP contribution in [0.15, 0.2) is 64.3 Å². The van der Waals surface area contributed by atoms with Gasteiger partial charge in [-0.05, 0) is 17.0 Å². The number of rotatable bonds is 5. The van der Waals surface area contributed by atoms with E-state index >= 15 is 0 Å².